The summed E-state index contributed by atoms with van der Waals surface area (Å²) >= 11 is 0. The number of aromatic nitrogens is 3. The van der Waals surface area contributed by atoms with Crippen molar-refractivity contribution in [1.82, 2.24) is 19.9 Å². The molecule has 5 rings (SSSR count). The summed E-state index contributed by atoms with van der Waals surface area (Å²) in [6, 6.07) is 13.4. The van der Waals surface area contributed by atoms with Crippen LogP contribution in [0.15, 0.2) is 48.8 Å². The van der Waals surface area contributed by atoms with Crippen LogP contribution in [0.25, 0.3) is 11.3 Å². The number of anilines is 1. The van der Waals surface area contributed by atoms with E-state index in [0.29, 0.717) is 68.3 Å². The normalized spacial score (nSPS) is 17.0. The minimum Gasteiger partial charge on any atom is -0.489 e. The van der Waals surface area contributed by atoms with Crippen molar-refractivity contribution in [2.75, 3.05) is 31.1 Å². The molecular weight excluding hydrogens is 484 g/mol. The molecule has 1 amide bonds. The van der Waals surface area contributed by atoms with Crippen molar-refractivity contribution >= 4 is 11.7 Å². The Morgan fingerprint density at radius 2 is 1.97 bits per heavy atom. The van der Waals surface area contributed by atoms with E-state index >= 15 is 0 Å². The lowest BCUT2D eigenvalue weighted by atomic mass is 10.1. The Morgan fingerprint density at radius 3 is 2.63 bits per heavy atom. The van der Waals surface area contributed by atoms with Gasteiger partial charge < -0.3 is 24.7 Å². The largest absolute Gasteiger partial charge is 0.489 e. The fraction of sp³-hybridized carbons (Fsp3) is 0.393. The molecule has 0 spiro atoms. The summed E-state index contributed by atoms with van der Waals surface area (Å²) in [4.78, 5) is 29.3. The minimum atomic E-state index is -1.00. The smallest absolute Gasteiger partial charge is 0.251 e. The molecule has 2 N–H and O–H groups in total. The third kappa shape index (κ3) is 5.74. The third-order valence-electron chi connectivity index (χ3n) is 6.86. The van der Waals surface area contributed by atoms with Crippen LogP contribution in [-0.2, 0) is 11.2 Å². The van der Waals surface area contributed by atoms with E-state index in [0.717, 1.165) is 16.9 Å². The molecule has 0 bridgehead atoms. The van der Waals surface area contributed by atoms with Gasteiger partial charge in [-0.15, -0.1) is 0 Å². The van der Waals surface area contributed by atoms with Crippen molar-refractivity contribution in [2.45, 2.75) is 44.5 Å². The number of nitriles is 1. The van der Waals surface area contributed by atoms with Crippen molar-refractivity contribution in [2.24, 2.45) is 0 Å². The lowest BCUT2D eigenvalue weighted by molar-refractivity contribution is -0.141. The number of hydrogen-bond acceptors (Lipinski definition) is 9. The van der Waals surface area contributed by atoms with Crippen LogP contribution in [0.3, 0.4) is 0 Å². The van der Waals surface area contributed by atoms with Crippen molar-refractivity contribution in [3.63, 3.8) is 0 Å². The zero-order valence-corrected chi connectivity index (χ0v) is 21.2. The van der Waals surface area contributed by atoms with Gasteiger partial charge in [0.2, 0.25) is 0 Å². The van der Waals surface area contributed by atoms with Gasteiger partial charge in [0.05, 0.1) is 17.4 Å². The number of carbonyl (C=O) groups excluding carboxylic acids is 1. The van der Waals surface area contributed by atoms with E-state index in [1.54, 1.807) is 29.4 Å². The van der Waals surface area contributed by atoms with E-state index in [2.05, 4.69) is 16.0 Å². The van der Waals surface area contributed by atoms with Gasteiger partial charge in [-0.05, 0) is 42.8 Å². The summed E-state index contributed by atoms with van der Waals surface area (Å²) in [5.74, 6) is 1.73. The number of β-amino-alcohol motifs (C(OH)–C–C–N with tert-alkyl or cyclic N) is 1. The van der Waals surface area contributed by atoms with Gasteiger partial charge >= 0.3 is 0 Å². The topological polar surface area (TPSA) is 136 Å². The molecule has 4 heterocycles. The quantitative estimate of drug-likeness (QED) is 0.485. The molecule has 1 aromatic carbocycles. The van der Waals surface area contributed by atoms with E-state index in [-0.39, 0.29) is 18.1 Å². The average molecular weight is 515 g/mol. The highest BCUT2D eigenvalue weighted by Gasteiger charge is 2.27. The van der Waals surface area contributed by atoms with E-state index in [9.17, 15) is 20.3 Å². The van der Waals surface area contributed by atoms with Crippen molar-refractivity contribution in [3.8, 4) is 23.1 Å². The molecule has 2 aliphatic heterocycles. The molecule has 0 aliphatic carbocycles. The number of amides is 1. The predicted molar refractivity (Wildman–Crippen MR) is 139 cm³/mol. The predicted octanol–water partition coefficient (Wildman–Crippen LogP) is 1.93. The number of piperidine rings is 1. The van der Waals surface area contributed by atoms with Crippen molar-refractivity contribution < 1.29 is 19.7 Å². The van der Waals surface area contributed by atoms with Gasteiger partial charge in [-0.1, -0.05) is 6.07 Å². The Balaban J connectivity index is 1.23. The summed E-state index contributed by atoms with van der Waals surface area (Å²) in [6.07, 6.45) is 3.92. The molecule has 38 heavy (non-hydrogen) atoms. The van der Waals surface area contributed by atoms with Crippen LogP contribution < -0.4 is 9.64 Å². The maximum absolute atomic E-state index is 12.0. The van der Waals surface area contributed by atoms with Crippen molar-refractivity contribution in [1.29, 1.82) is 5.26 Å². The van der Waals surface area contributed by atoms with E-state index < -0.39 is 6.10 Å². The summed E-state index contributed by atoms with van der Waals surface area (Å²) in [7, 11) is 0. The van der Waals surface area contributed by atoms with Crippen LogP contribution in [0.1, 0.15) is 36.7 Å². The van der Waals surface area contributed by atoms with Crippen LogP contribution in [0.5, 0.6) is 5.75 Å². The van der Waals surface area contributed by atoms with Gasteiger partial charge in [-0.25, -0.2) is 15.0 Å². The van der Waals surface area contributed by atoms with Crippen LogP contribution in [0.4, 0.5) is 5.82 Å². The number of ether oxygens (including phenoxy) is 1. The molecule has 0 radical (unpaired) electrons. The van der Waals surface area contributed by atoms with Gasteiger partial charge in [0.1, 0.15) is 35.7 Å². The molecule has 10 heteroatoms. The molecule has 10 nitrogen and oxygen atoms in total. The second kappa shape index (κ2) is 11.1. The molecule has 3 aromatic rings. The summed E-state index contributed by atoms with van der Waals surface area (Å²) in [6.45, 7) is 3.71. The summed E-state index contributed by atoms with van der Waals surface area (Å²) in [5, 5.41) is 28.8. The van der Waals surface area contributed by atoms with Crippen LogP contribution in [0.2, 0.25) is 0 Å². The number of rotatable bonds is 7. The third-order valence-corrected chi connectivity index (χ3v) is 6.86. The Labute approximate surface area is 221 Å². The number of nitrogens with zero attached hydrogens (tertiary/aromatic N) is 6. The highest BCUT2D eigenvalue weighted by atomic mass is 16.5. The Hall–Kier alpha value is -4.07. The standard InChI is InChI=1S/C28H30N6O4/c1-18(35)28(37)33-10-7-23(8-11-33)38-25-4-3-20(13-21(25)14-29)24-6-9-30-26(32-24)12-19-2-5-27(31-15-19)34-16-22(36)17-34/h2-6,9,13,15,18,22-23,35-36H,7-8,10-12,16-17H2,1H3/t18-/m0/s1. The van der Waals surface area contributed by atoms with E-state index in [1.807, 2.05) is 29.2 Å². The first kappa shape index (κ1) is 25.6. The van der Waals surface area contributed by atoms with E-state index in [1.165, 1.54) is 6.92 Å². The lowest BCUT2D eigenvalue weighted by Gasteiger charge is -2.36. The molecule has 2 saturated heterocycles. The fourth-order valence-corrected chi connectivity index (χ4v) is 4.70. The molecular formula is C28H30N6O4. The number of aliphatic hydroxyl groups is 2. The SMILES string of the molecule is C[C@H](O)C(=O)N1CCC(Oc2ccc(-c3ccnc(Cc4ccc(N5CC(O)C5)nc4)n3)cc2C#N)CC1. The van der Waals surface area contributed by atoms with Gasteiger partial charge in [0, 0.05) is 63.4 Å². The second-order valence-corrected chi connectivity index (χ2v) is 9.76. The van der Waals surface area contributed by atoms with Gasteiger partial charge in [0.25, 0.3) is 5.91 Å². The zero-order valence-electron chi connectivity index (χ0n) is 21.2. The Morgan fingerprint density at radius 1 is 1.18 bits per heavy atom. The summed E-state index contributed by atoms with van der Waals surface area (Å²) in [5.41, 5.74) is 2.90. The number of pyridine rings is 1. The van der Waals surface area contributed by atoms with Gasteiger partial charge in [-0.2, -0.15) is 5.26 Å². The number of hydrogen-bond donors (Lipinski definition) is 2. The second-order valence-electron chi connectivity index (χ2n) is 9.76. The molecule has 2 aromatic heterocycles. The first-order chi connectivity index (χ1) is 18.4. The average Bonchev–Trinajstić information content (AvgIpc) is 2.92. The first-order valence-electron chi connectivity index (χ1n) is 12.8. The maximum Gasteiger partial charge on any atom is 0.251 e. The van der Waals surface area contributed by atoms with Crippen molar-refractivity contribution in [3.05, 3.63) is 65.7 Å². The highest BCUT2D eigenvalue weighted by molar-refractivity contribution is 5.80. The molecule has 2 aliphatic rings. The maximum atomic E-state index is 12.0. The molecule has 2 fully saturated rings. The Bertz CT molecular complexity index is 1330. The van der Waals surface area contributed by atoms with Crippen LogP contribution in [-0.4, -0.2) is 80.5 Å². The molecule has 1 atom stereocenters. The van der Waals surface area contributed by atoms with E-state index in [4.69, 9.17) is 9.72 Å². The number of carbonyl (C=O) groups is 1. The molecule has 196 valence electrons. The number of benzene rings is 1. The molecule has 0 saturated carbocycles. The van der Waals surface area contributed by atoms with Crippen LogP contribution >= 0.6 is 0 Å². The summed E-state index contributed by atoms with van der Waals surface area (Å²) < 4.78 is 6.12. The van der Waals surface area contributed by atoms with Crippen LogP contribution in [0, 0.1) is 11.3 Å². The zero-order chi connectivity index (χ0) is 26.6. The fourth-order valence-electron chi connectivity index (χ4n) is 4.70. The number of likely N-dealkylation sites (tertiary alicyclic amines) is 1. The molecule has 0 unspecified atom stereocenters. The lowest BCUT2D eigenvalue weighted by Crippen LogP contribution is -2.51. The highest BCUT2D eigenvalue weighted by Crippen LogP contribution is 2.28. The number of aliphatic hydroxyl groups excluding tert-OH is 2. The van der Waals surface area contributed by atoms with Gasteiger partial charge in [0.15, 0.2) is 0 Å². The minimum absolute atomic E-state index is 0.109. The first-order valence-corrected chi connectivity index (χ1v) is 12.8. The Kier molecular flexibility index (Phi) is 7.49. The van der Waals surface area contributed by atoms with Gasteiger partial charge in [-0.3, -0.25) is 4.79 Å². The monoisotopic (exact) mass is 514 g/mol.